The number of piperidine rings is 1. The second-order valence-corrected chi connectivity index (χ2v) is 5.77. The average Bonchev–Trinajstić information content (AvgIpc) is 2.33. The third-order valence-electron chi connectivity index (χ3n) is 4.65. The third-order valence-corrected chi connectivity index (χ3v) is 4.65. The average molecular weight is 230 g/mol. The maximum Gasteiger partial charge on any atom is 0.0408 e. The molecule has 0 saturated carbocycles. The number of nitrogens with zero attached hydrogens (tertiary/aromatic N) is 1. The van der Waals surface area contributed by atoms with Crippen molar-refractivity contribution in [2.24, 2.45) is 5.92 Å². The van der Waals surface area contributed by atoms with Gasteiger partial charge in [0.25, 0.3) is 0 Å². The molecule has 2 aliphatic heterocycles. The van der Waals surface area contributed by atoms with Crippen molar-refractivity contribution in [1.82, 2.24) is 4.90 Å². The van der Waals surface area contributed by atoms with E-state index in [0.29, 0.717) is 0 Å². The number of aryl methyl sites for hydroxylation is 1. The van der Waals surface area contributed by atoms with Crippen molar-refractivity contribution in [1.29, 1.82) is 0 Å². The summed E-state index contributed by atoms with van der Waals surface area (Å²) in [5.41, 5.74) is 5.84. The van der Waals surface area contributed by atoms with E-state index < -0.39 is 0 Å². The highest BCUT2D eigenvalue weighted by molar-refractivity contribution is 5.63. The van der Waals surface area contributed by atoms with E-state index in [1.54, 1.807) is 5.56 Å². The Kier molecular flexibility index (Phi) is 2.62. The Morgan fingerprint density at radius 1 is 1.29 bits per heavy atom. The van der Waals surface area contributed by atoms with Crippen LogP contribution in [0.4, 0.5) is 5.69 Å². The molecule has 2 nitrogen and oxygen atoms in total. The fraction of sp³-hybridized carbons (Fsp3) is 0.600. The predicted octanol–water partition coefficient (Wildman–Crippen LogP) is 2.76. The molecule has 0 aliphatic carbocycles. The van der Waals surface area contributed by atoms with Crippen LogP contribution in [-0.4, -0.2) is 31.6 Å². The maximum atomic E-state index is 3.66. The Bertz CT molecular complexity index is 439. The van der Waals surface area contributed by atoms with Crippen molar-refractivity contribution in [3.63, 3.8) is 0 Å². The van der Waals surface area contributed by atoms with Gasteiger partial charge in [0, 0.05) is 18.8 Å². The molecule has 17 heavy (non-hydrogen) atoms. The number of hydrogen-bond donors (Lipinski definition) is 1. The van der Waals surface area contributed by atoms with Crippen molar-refractivity contribution in [2.75, 3.05) is 32.0 Å². The van der Waals surface area contributed by atoms with Gasteiger partial charge in [-0.2, -0.15) is 0 Å². The molecule has 92 valence electrons. The summed E-state index contributed by atoms with van der Waals surface area (Å²) in [4.78, 5) is 2.47. The zero-order valence-electron chi connectivity index (χ0n) is 11.1. The molecule has 0 spiro atoms. The third kappa shape index (κ3) is 1.75. The summed E-state index contributed by atoms with van der Waals surface area (Å²) in [6, 6.07) is 4.64. The van der Waals surface area contributed by atoms with E-state index in [4.69, 9.17) is 0 Å². The zero-order chi connectivity index (χ0) is 12.0. The quantitative estimate of drug-likeness (QED) is 0.737. The topological polar surface area (TPSA) is 15.3 Å². The number of rotatable bonds is 0. The molecule has 3 rings (SSSR count). The SMILES string of the molecule is Cc1ccc2c(c1C)NCC1CN(C)CCC21. The van der Waals surface area contributed by atoms with E-state index in [0.717, 1.165) is 18.4 Å². The summed E-state index contributed by atoms with van der Waals surface area (Å²) in [5, 5.41) is 3.66. The Balaban J connectivity index is 2.00. The summed E-state index contributed by atoms with van der Waals surface area (Å²) in [7, 11) is 2.24. The fourth-order valence-electron chi connectivity index (χ4n) is 3.44. The molecule has 2 atom stereocenters. The summed E-state index contributed by atoms with van der Waals surface area (Å²) in [5.74, 6) is 1.57. The zero-order valence-corrected chi connectivity index (χ0v) is 11.1. The molecule has 2 unspecified atom stereocenters. The van der Waals surface area contributed by atoms with Crippen molar-refractivity contribution in [2.45, 2.75) is 26.2 Å². The van der Waals surface area contributed by atoms with Crippen LogP contribution in [-0.2, 0) is 0 Å². The first-order valence-electron chi connectivity index (χ1n) is 6.69. The van der Waals surface area contributed by atoms with Crippen LogP contribution < -0.4 is 5.32 Å². The summed E-state index contributed by atoms with van der Waals surface area (Å²) in [6.45, 7) is 8.08. The largest absolute Gasteiger partial charge is 0.384 e. The Morgan fingerprint density at radius 3 is 2.94 bits per heavy atom. The molecule has 1 N–H and O–H groups in total. The maximum absolute atomic E-state index is 3.66. The van der Waals surface area contributed by atoms with Crippen LogP contribution in [0.2, 0.25) is 0 Å². The van der Waals surface area contributed by atoms with Crippen molar-refractivity contribution < 1.29 is 0 Å². The van der Waals surface area contributed by atoms with Gasteiger partial charge in [-0.25, -0.2) is 0 Å². The lowest BCUT2D eigenvalue weighted by Gasteiger charge is -2.42. The number of nitrogens with one attached hydrogen (secondary N) is 1. The number of likely N-dealkylation sites (tertiary alicyclic amines) is 1. The van der Waals surface area contributed by atoms with Crippen LogP contribution in [0, 0.1) is 19.8 Å². The fourth-order valence-corrected chi connectivity index (χ4v) is 3.44. The number of fused-ring (bicyclic) bond motifs is 3. The van der Waals surface area contributed by atoms with Gasteiger partial charge in [-0.15, -0.1) is 0 Å². The highest BCUT2D eigenvalue weighted by Crippen LogP contribution is 2.42. The van der Waals surface area contributed by atoms with E-state index in [1.165, 1.54) is 36.3 Å². The lowest BCUT2D eigenvalue weighted by Crippen LogP contribution is -2.42. The second kappa shape index (κ2) is 4.02. The molecular formula is C15H22N2. The normalized spacial score (nSPS) is 28.2. The van der Waals surface area contributed by atoms with Gasteiger partial charge in [0.15, 0.2) is 0 Å². The molecule has 1 saturated heterocycles. The Labute approximate surface area is 104 Å². The lowest BCUT2D eigenvalue weighted by atomic mass is 9.76. The van der Waals surface area contributed by atoms with Crippen LogP contribution >= 0.6 is 0 Å². The van der Waals surface area contributed by atoms with Gasteiger partial charge in [0.05, 0.1) is 0 Å². The first-order chi connectivity index (χ1) is 8.16. The van der Waals surface area contributed by atoms with E-state index in [9.17, 15) is 0 Å². The summed E-state index contributed by atoms with van der Waals surface area (Å²) >= 11 is 0. The highest BCUT2D eigenvalue weighted by Gasteiger charge is 2.33. The Hall–Kier alpha value is -1.02. The van der Waals surface area contributed by atoms with Gasteiger partial charge in [0.2, 0.25) is 0 Å². The standard InChI is InChI=1S/C15H22N2/c1-10-4-5-14-13-6-7-17(3)9-12(13)8-16-15(14)11(10)2/h4-5,12-13,16H,6-9H2,1-3H3. The molecule has 1 aromatic carbocycles. The minimum absolute atomic E-state index is 0.779. The van der Waals surface area contributed by atoms with Crippen molar-refractivity contribution in [3.05, 3.63) is 28.8 Å². The van der Waals surface area contributed by atoms with Crippen molar-refractivity contribution in [3.8, 4) is 0 Å². The molecule has 2 aliphatic rings. The first-order valence-corrected chi connectivity index (χ1v) is 6.69. The molecule has 1 fully saturated rings. The molecule has 2 heteroatoms. The number of hydrogen-bond acceptors (Lipinski definition) is 2. The lowest BCUT2D eigenvalue weighted by molar-refractivity contribution is 0.187. The number of anilines is 1. The van der Waals surface area contributed by atoms with Crippen LogP contribution in [0.5, 0.6) is 0 Å². The van der Waals surface area contributed by atoms with Gasteiger partial charge in [-0.1, -0.05) is 12.1 Å². The minimum Gasteiger partial charge on any atom is -0.384 e. The smallest absolute Gasteiger partial charge is 0.0408 e. The first kappa shape index (κ1) is 11.1. The van der Waals surface area contributed by atoms with Crippen LogP contribution in [0.1, 0.15) is 29.0 Å². The van der Waals surface area contributed by atoms with E-state index in [2.05, 4.69) is 43.2 Å². The number of benzene rings is 1. The van der Waals surface area contributed by atoms with Crippen LogP contribution in [0.25, 0.3) is 0 Å². The molecule has 0 bridgehead atoms. The van der Waals surface area contributed by atoms with E-state index in [1.807, 2.05) is 0 Å². The van der Waals surface area contributed by atoms with E-state index >= 15 is 0 Å². The van der Waals surface area contributed by atoms with Gasteiger partial charge < -0.3 is 10.2 Å². The molecule has 0 radical (unpaired) electrons. The van der Waals surface area contributed by atoms with E-state index in [-0.39, 0.29) is 0 Å². The Morgan fingerprint density at radius 2 is 2.12 bits per heavy atom. The molecule has 0 amide bonds. The van der Waals surface area contributed by atoms with Crippen LogP contribution in [0.15, 0.2) is 12.1 Å². The summed E-state index contributed by atoms with van der Waals surface area (Å²) < 4.78 is 0. The minimum atomic E-state index is 0.779. The van der Waals surface area contributed by atoms with Crippen molar-refractivity contribution >= 4 is 5.69 Å². The predicted molar refractivity (Wildman–Crippen MR) is 72.8 cm³/mol. The summed E-state index contributed by atoms with van der Waals surface area (Å²) in [6.07, 6.45) is 1.32. The second-order valence-electron chi connectivity index (χ2n) is 5.77. The monoisotopic (exact) mass is 230 g/mol. The molecule has 2 heterocycles. The van der Waals surface area contributed by atoms with Gasteiger partial charge >= 0.3 is 0 Å². The van der Waals surface area contributed by atoms with Gasteiger partial charge in [-0.05, 0) is 62.4 Å². The molecular weight excluding hydrogens is 208 g/mol. The molecule has 1 aromatic rings. The molecule has 0 aromatic heterocycles. The van der Waals surface area contributed by atoms with Crippen LogP contribution in [0.3, 0.4) is 0 Å². The van der Waals surface area contributed by atoms with Gasteiger partial charge in [0.1, 0.15) is 0 Å². The highest BCUT2D eigenvalue weighted by atomic mass is 15.1. The van der Waals surface area contributed by atoms with Gasteiger partial charge in [-0.3, -0.25) is 0 Å².